The summed E-state index contributed by atoms with van der Waals surface area (Å²) in [4.78, 5) is 24.9. The Kier molecular flexibility index (Phi) is 3.63. The molecule has 1 aliphatic rings. The number of carbonyl (C=O) groups is 2. The fourth-order valence-corrected chi connectivity index (χ4v) is 2.27. The van der Waals surface area contributed by atoms with Gasteiger partial charge in [-0.2, -0.15) is 0 Å². The van der Waals surface area contributed by atoms with Gasteiger partial charge in [0.05, 0.1) is 22.9 Å². The van der Waals surface area contributed by atoms with Crippen molar-refractivity contribution in [1.82, 2.24) is 0 Å². The van der Waals surface area contributed by atoms with E-state index in [9.17, 15) is 14.7 Å². The lowest BCUT2D eigenvalue weighted by Crippen LogP contribution is -2.46. The average molecular weight is 301 g/mol. The van der Waals surface area contributed by atoms with E-state index in [1.54, 1.807) is 19.0 Å². The summed E-state index contributed by atoms with van der Waals surface area (Å²) >= 11 is 6.09. The van der Waals surface area contributed by atoms with E-state index in [1.165, 1.54) is 12.1 Å². The Balaban J connectivity index is 2.53. The maximum absolute atomic E-state index is 11.2. The third-order valence-electron chi connectivity index (χ3n) is 2.92. The Bertz CT molecular complexity index is 575. The van der Waals surface area contributed by atoms with Crippen LogP contribution in [0.1, 0.15) is 0 Å². The molecule has 2 N–H and O–H groups in total. The lowest BCUT2D eigenvalue weighted by atomic mass is 10.1. The first-order chi connectivity index (χ1) is 9.31. The molecule has 1 unspecified atom stereocenters. The topological polar surface area (TPSA) is 90.3 Å². The van der Waals surface area contributed by atoms with E-state index in [0.29, 0.717) is 10.7 Å². The van der Waals surface area contributed by atoms with Gasteiger partial charge in [0.1, 0.15) is 5.75 Å². The third kappa shape index (κ3) is 2.44. The summed E-state index contributed by atoms with van der Waals surface area (Å²) < 4.78 is 5.33. The maximum Gasteiger partial charge on any atom is 0.412 e. The van der Waals surface area contributed by atoms with Crippen molar-refractivity contribution in [3.63, 3.8) is 0 Å². The van der Waals surface area contributed by atoms with Gasteiger partial charge in [0.15, 0.2) is 0 Å². The zero-order chi connectivity index (χ0) is 15.0. The smallest absolute Gasteiger partial charge is 0.412 e. The molecule has 0 fully saturated rings. The number of carboxylic acids is 1. The van der Waals surface area contributed by atoms with Crippen LogP contribution in [0.5, 0.6) is 5.75 Å². The standard InChI is InChI=1S/C12H13ClN2O5/c1-14(2)7-4-9-8(3-6(7)13)15(12(18)19)5-10(20-9)11(16)17/h3-4,10H,5H2,1-2H3,(H,16,17)(H,18,19). The SMILES string of the molecule is CN(C)c1cc2c(cc1Cl)N(C(=O)O)CC(C(=O)O)O2. The van der Waals surface area contributed by atoms with Crippen LogP contribution < -0.4 is 14.5 Å². The largest absolute Gasteiger partial charge is 0.478 e. The van der Waals surface area contributed by atoms with Gasteiger partial charge >= 0.3 is 12.1 Å². The lowest BCUT2D eigenvalue weighted by Gasteiger charge is -2.32. The molecule has 0 saturated carbocycles. The van der Waals surface area contributed by atoms with Gasteiger partial charge in [0, 0.05) is 20.2 Å². The molecule has 7 nitrogen and oxygen atoms in total. The zero-order valence-corrected chi connectivity index (χ0v) is 11.6. The van der Waals surface area contributed by atoms with Crippen molar-refractivity contribution >= 4 is 35.0 Å². The van der Waals surface area contributed by atoms with Crippen molar-refractivity contribution < 1.29 is 24.5 Å². The molecule has 0 aromatic heterocycles. The number of nitrogens with zero attached hydrogens (tertiary/aromatic N) is 2. The van der Waals surface area contributed by atoms with Crippen LogP contribution in [-0.4, -0.2) is 49.0 Å². The molecule has 1 amide bonds. The molecule has 1 aromatic carbocycles. The maximum atomic E-state index is 11.2. The summed E-state index contributed by atoms with van der Waals surface area (Å²) in [5.74, 6) is -1.04. The second-order valence-corrected chi connectivity index (χ2v) is 4.91. The molecule has 108 valence electrons. The highest BCUT2D eigenvalue weighted by Gasteiger charge is 2.34. The van der Waals surface area contributed by atoms with E-state index in [2.05, 4.69) is 0 Å². The van der Waals surface area contributed by atoms with Crippen molar-refractivity contribution in [3.8, 4) is 5.75 Å². The Morgan fingerprint density at radius 2 is 2.05 bits per heavy atom. The Labute approximate surface area is 119 Å². The zero-order valence-electron chi connectivity index (χ0n) is 10.8. The van der Waals surface area contributed by atoms with Gasteiger partial charge < -0.3 is 19.8 Å². The Hall–Kier alpha value is -2.15. The minimum atomic E-state index is -1.26. The van der Waals surface area contributed by atoms with Crippen LogP contribution in [0.2, 0.25) is 5.02 Å². The predicted octanol–water partition coefficient (Wildman–Crippen LogP) is 1.74. The number of hydrogen-bond donors (Lipinski definition) is 2. The number of hydrogen-bond acceptors (Lipinski definition) is 4. The number of fused-ring (bicyclic) bond motifs is 1. The van der Waals surface area contributed by atoms with Gasteiger partial charge in [-0.05, 0) is 6.07 Å². The molecule has 20 heavy (non-hydrogen) atoms. The molecule has 8 heteroatoms. The Morgan fingerprint density at radius 1 is 1.40 bits per heavy atom. The lowest BCUT2D eigenvalue weighted by molar-refractivity contribution is -0.144. The number of ether oxygens (including phenoxy) is 1. The van der Waals surface area contributed by atoms with Gasteiger partial charge in [0.2, 0.25) is 6.10 Å². The average Bonchev–Trinajstić information content (AvgIpc) is 2.36. The number of carboxylic acid groups (broad SMARTS) is 2. The number of amides is 1. The van der Waals surface area contributed by atoms with Crippen molar-refractivity contribution in [3.05, 3.63) is 17.2 Å². The number of halogens is 1. The van der Waals surface area contributed by atoms with E-state index in [0.717, 1.165) is 4.90 Å². The van der Waals surface area contributed by atoms with Crippen LogP contribution in [0.15, 0.2) is 12.1 Å². The summed E-state index contributed by atoms with van der Waals surface area (Å²) in [6.45, 7) is -0.282. The highest BCUT2D eigenvalue weighted by atomic mass is 35.5. The minimum Gasteiger partial charge on any atom is -0.478 e. The molecule has 0 radical (unpaired) electrons. The molecular formula is C12H13ClN2O5. The quantitative estimate of drug-likeness (QED) is 0.864. The molecule has 1 atom stereocenters. The first-order valence-electron chi connectivity index (χ1n) is 5.72. The van der Waals surface area contributed by atoms with Crippen molar-refractivity contribution in [2.75, 3.05) is 30.4 Å². The summed E-state index contributed by atoms with van der Waals surface area (Å²) in [6, 6.07) is 2.99. The van der Waals surface area contributed by atoms with Crippen LogP contribution in [0.4, 0.5) is 16.2 Å². The highest BCUT2D eigenvalue weighted by Crippen LogP contribution is 2.40. The van der Waals surface area contributed by atoms with E-state index < -0.39 is 18.2 Å². The summed E-state index contributed by atoms with van der Waals surface area (Å²) in [5, 5.41) is 18.6. The van der Waals surface area contributed by atoms with Gasteiger partial charge in [0.25, 0.3) is 0 Å². The van der Waals surface area contributed by atoms with Crippen molar-refractivity contribution in [1.29, 1.82) is 0 Å². The summed E-state index contributed by atoms with van der Waals surface area (Å²) in [6.07, 6.45) is -2.50. The number of aliphatic carboxylic acids is 1. The monoisotopic (exact) mass is 300 g/mol. The van der Waals surface area contributed by atoms with E-state index in [4.69, 9.17) is 21.4 Å². The number of anilines is 2. The van der Waals surface area contributed by atoms with Crippen LogP contribution in [0.3, 0.4) is 0 Å². The second-order valence-electron chi connectivity index (χ2n) is 4.50. The number of benzene rings is 1. The van der Waals surface area contributed by atoms with Gasteiger partial charge in [-0.1, -0.05) is 11.6 Å². The first kappa shape index (κ1) is 14.3. The summed E-state index contributed by atoms with van der Waals surface area (Å²) in [7, 11) is 3.53. The van der Waals surface area contributed by atoms with Gasteiger partial charge in [-0.15, -0.1) is 0 Å². The molecule has 1 aliphatic heterocycles. The predicted molar refractivity (Wildman–Crippen MR) is 73.2 cm³/mol. The Morgan fingerprint density at radius 3 is 2.55 bits per heavy atom. The molecule has 0 saturated heterocycles. The van der Waals surface area contributed by atoms with Crippen LogP contribution >= 0.6 is 11.6 Å². The molecule has 2 rings (SSSR count). The number of rotatable bonds is 2. The molecule has 0 bridgehead atoms. The highest BCUT2D eigenvalue weighted by molar-refractivity contribution is 6.33. The molecular weight excluding hydrogens is 288 g/mol. The molecule has 1 heterocycles. The molecule has 0 aliphatic carbocycles. The third-order valence-corrected chi connectivity index (χ3v) is 3.23. The van der Waals surface area contributed by atoms with Crippen LogP contribution in [0, 0.1) is 0 Å². The van der Waals surface area contributed by atoms with Gasteiger partial charge in [-0.25, -0.2) is 9.59 Å². The molecule has 1 aromatic rings. The fraction of sp³-hybridized carbons (Fsp3) is 0.333. The van der Waals surface area contributed by atoms with E-state index in [-0.39, 0.29) is 18.0 Å². The fourth-order valence-electron chi connectivity index (χ4n) is 1.94. The van der Waals surface area contributed by atoms with Crippen molar-refractivity contribution in [2.45, 2.75) is 6.10 Å². The van der Waals surface area contributed by atoms with E-state index in [1.807, 2.05) is 0 Å². The second kappa shape index (κ2) is 5.09. The van der Waals surface area contributed by atoms with Crippen LogP contribution in [-0.2, 0) is 4.79 Å². The van der Waals surface area contributed by atoms with Crippen molar-refractivity contribution in [2.24, 2.45) is 0 Å². The summed E-state index contributed by atoms with van der Waals surface area (Å²) in [5.41, 5.74) is 0.854. The molecule has 0 spiro atoms. The van der Waals surface area contributed by atoms with Gasteiger partial charge in [-0.3, -0.25) is 4.90 Å². The minimum absolute atomic E-state index is 0.180. The first-order valence-corrected chi connectivity index (χ1v) is 6.10. The van der Waals surface area contributed by atoms with E-state index >= 15 is 0 Å². The normalized spacial score (nSPS) is 17.1. The van der Waals surface area contributed by atoms with Crippen LogP contribution in [0.25, 0.3) is 0 Å².